The molecule has 6 heteroatoms. The van der Waals surface area contributed by atoms with Crippen LogP contribution in [0.3, 0.4) is 0 Å². The molecular formula is C14H20O6. The molecule has 2 aliphatic carbocycles. The first kappa shape index (κ1) is 13.8. The number of ether oxygens (including phenoxy) is 1. The van der Waals surface area contributed by atoms with Crippen LogP contribution in [0, 0.1) is 23.2 Å². The monoisotopic (exact) mass is 284 g/mol. The van der Waals surface area contributed by atoms with E-state index in [-0.39, 0.29) is 11.8 Å². The lowest BCUT2D eigenvalue weighted by Crippen LogP contribution is -2.64. The molecule has 3 aliphatic rings. The van der Waals surface area contributed by atoms with Crippen LogP contribution in [0.5, 0.6) is 0 Å². The van der Waals surface area contributed by atoms with E-state index in [1.165, 1.54) is 0 Å². The minimum absolute atomic E-state index is 0.106. The second kappa shape index (κ2) is 3.95. The summed E-state index contributed by atoms with van der Waals surface area (Å²) < 4.78 is 5.34. The highest BCUT2D eigenvalue weighted by Gasteiger charge is 2.68. The second-order valence-electron chi connectivity index (χ2n) is 7.26. The molecule has 2 saturated carbocycles. The van der Waals surface area contributed by atoms with Gasteiger partial charge in [-0.15, -0.1) is 0 Å². The highest BCUT2D eigenvalue weighted by molar-refractivity contribution is 5.83. The van der Waals surface area contributed by atoms with Crippen molar-refractivity contribution in [3.05, 3.63) is 0 Å². The largest absolute Gasteiger partial charge is 0.481 e. The summed E-state index contributed by atoms with van der Waals surface area (Å²) in [6.45, 7) is 3.91. The fourth-order valence-electron chi connectivity index (χ4n) is 4.58. The zero-order valence-corrected chi connectivity index (χ0v) is 11.6. The number of carboxylic acids is 1. The molecule has 112 valence electrons. The molecule has 0 aromatic carbocycles. The Balaban J connectivity index is 2.06. The highest BCUT2D eigenvalue weighted by atomic mass is 16.6. The number of aliphatic carboxylic acids is 1. The third kappa shape index (κ3) is 1.71. The Kier molecular flexibility index (Phi) is 2.73. The quantitative estimate of drug-likeness (QED) is 0.593. The Morgan fingerprint density at radius 2 is 2.05 bits per heavy atom. The topological polar surface area (TPSA) is 104 Å². The Labute approximate surface area is 116 Å². The molecule has 0 aromatic rings. The van der Waals surface area contributed by atoms with E-state index < -0.39 is 47.5 Å². The van der Waals surface area contributed by atoms with Crippen molar-refractivity contribution >= 4 is 11.9 Å². The molecular weight excluding hydrogens is 264 g/mol. The third-order valence-electron chi connectivity index (χ3n) is 5.22. The summed E-state index contributed by atoms with van der Waals surface area (Å²) in [7, 11) is 0. The predicted octanol–water partition coefficient (Wildman–Crippen LogP) is 0.161. The van der Waals surface area contributed by atoms with Crippen molar-refractivity contribution in [3.8, 4) is 0 Å². The summed E-state index contributed by atoms with van der Waals surface area (Å²) >= 11 is 0. The van der Waals surface area contributed by atoms with Crippen LogP contribution in [0.2, 0.25) is 0 Å². The highest BCUT2D eigenvalue weighted by Crippen LogP contribution is 2.57. The molecule has 0 radical (unpaired) electrons. The first-order valence-electron chi connectivity index (χ1n) is 6.99. The van der Waals surface area contributed by atoms with Gasteiger partial charge in [0, 0.05) is 5.92 Å². The lowest BCUT2D eigenvalue weighted by atomic mass is 9.53. The standard InChI is InChI=1S/C14H20O6/c1-13(2)4-7-10-9(12(18)20-7)6(11(16)17)3-8(15)14(10,19)5-13/h6-10,15,19H,3-5H2,1-2H3,(H,16,17)/t6-,7+,8-,9-,10-,14-/m0/s1. The van der Waals surface area contributed by atoms with Gasteiger partial charge in [-0.2, -0.15) is 0 Å². The van der Waals surface area contributed by atoms with Gasteiger partial charge in [0.2, 0.25) is 0 Å². The SMILES string of the molecule is CC1(C)C[C@H]2OC(=O)[C@@H]3[C@H]2[C@](O)(C1)[C@@H](O)C[C@@H]3C(=O)O. The van der Waals surface area contributed by atoms with E-state index in [2.05, 4.69) is 0 Å². The molecule has 6 nitrogen and oxygen atoms in total. The molecule has 1 saturated heterocycles. The van der Waals surface area contributed by atoms with Gasteiger partial charge in [0.1, 0.15) is 6.10 Å². The zero-order chi connectivity index (χ0) is 14.9. The van der Waals surface area contributed by atoms with E-state index in [4.69, 9.17) is 4.74 Å². The number of aliphatic hydroxyl groups is 2. The molecule has 3 N–H and O–H groups in total. The summed E-state index contributed by atoms with van der Waals surface area (Å²) in [5, 5.41) is 30.5. The van der Waals surface area contributed by atoms with Gasteiger partial charge >= 0.3 is 11.9 Å². The van der Waals surface area contributed by atoms with Gasteiger partial charge < -0.3 is 20.1 Å². The molecule has 3 fully saturated rings. The zero-order valence-electron chi connectivity index (χ0n) is 11.6. The van der Waals surface area contributed by atoms with Gasteiger partial charge in [0.25, 0.3) is 0 Å². The van der Waals surface area contributed by atoms with Gasteiger partial charge in [0.05, 0.1) is 23.5 Å². The number of esters is 1. The number of aliphatic hydroxyl groups excluding tert-OH is 1. The van der Waals surface area contributed by atoms with E-state index >= 15 is 0 Å². The van der Waals surface area contributed by atoms with Crippen molar-refractivity contribution in [2.75, 3.05) is 0 Å². The van der Waals surface area contributed by atoms with Gasteiger partial charge in [-0.3, -0.25) is 9.59 Å². The van der Waals surface area contributed by atoms with Crippen LogP contribution in [0.4, 0.5) is 0 Å². The average Bonchev–Trinajstić information content (AvgIpc) is 2.59. The fraction of sp³-hybridized carbons (Fsp3) is 0.857. The third-order valence-corrected chi connectivity index (χ3v) is 5.22. The lowest BCUT2D eigenvalue weighted by molar-refractivity contribution is -0.211. The van der Waals surface area contributed by atoms with Crippen molar-refractivity contribution in [1.82, 2.24) is 0 Å². The van der Waals surface area contributed by atoms with Crippen LogP contribution < -0.4 is 0 Å². The average molecular weight is 284 g/mol. The van der Waals surface area contributed by atoms with Crippen LogP contribution in [0.15, 0.2) is 0 Å². The maximum atomic E-state index is 12.0. The molecule has 0 aromatic heterocycles. The van der Waals surface area contributed by atoms with E-state index in [1.807, 2.05) is 13.8 Å². The molecule has 1 heterocycles. The van der Waals surface area contributed by atoms with Crippen molar-refractivity contribution in [2.24, 2.45) is 23.2 Å². The smallest absolute Gasteiger partial charge is 0.310 e. The normalized spacial score (nSPS) is 49.4. The molecule has 6 atom stereocenters. The van der Waals surface area contributed by atoms with Crippen LogP contribution in [-0.2, 0) is 14.3 Å². The summed E-state index contributed by atoms with van der Waals surface area (Å²) in [6.07, 6.45) is -0.812. The molecule has 0 spiro atoms. The Morgan fingerprint density at radius 3 is 2.65 bits per heavy atom. The number of rotatable bonds is 1. The molecule has 20 heavy (non-hydrogen) atoms. The fourth-order valence-corrected chi connectivity index (χ4v) is 4.58. The molecule has 0 unspecified atom stereocenters. The van der Waals surface area contributed by atoms with E-state index in [0.717, 1.165) is 0 Å². The van der Waals surface area contributed by atoms with Crippen molar-refractivity contribution in [2.45, 2.75) is 50.9 Å². The predicted molar refractivity (Wildman–Crippen MR) is 66.6 cm³/mol. The Morgan fingerprint density at radius 1 is 1.40 bits per heavy atom. The van der Waals surface area contributed by atoms with Crippen LogP contribution in [0.1, 0.15) is 33.1 Å². The van der Waals surface area contributed by atoms with Gasteiger partial charge in [-0.05, 0) is 24.7 Å². The summed E-state index contributed by atoms with van der Waals surface area (Å²) in [5.74, 6) is -4.10. The second-order valence-corrected chi connectivity index (χ2v) is 7.26. The maximum Gasteiger partial charge on any atom is 0.310 e. The molecule has 0 bridgehead atoms. The summed E-state index contributed by atoms with van der Waals surface area (Å²) in [5.41, 5.74) is -1.70. The minimum atomic E-state index is -1.44. The minimum Gasteiger partial charge on any atom is -0.481 e. The lowest BCUT2D eigenvalue weighted by Gasteiger charge is -2.53. The number of hydrogen-bond acceptors (Lipinski definition) is 5. The van der Waals surface area contributed by atoms with Crippen LogP contribution in [-0.4, -0.2) is 45.1 Å². The van der Waals surface area contributed by atoms with E-state index in [1.54, 1.807) is 0 Å². The van der Waals surface area contributed by atoms with Crippen molar-refractivity contribution in [1.29, 1.82) is 0 Å². The Hall–Kier alpha value is -1.14. The number of carbonyl (C=O) groups excluding carboxylic acids is 1. The molecule has 0 amide bonds. The van der Waals surface area contributed by atoms with Gasteiger partial charge in [-0.1, -0.05) is 13.8 Å². The molecule has 1 aliphatic heterocycles. The Bertz CT molecular complexity index is 472. The van der Waals surface area contributed by atoms with E-state index in [9.17, 15) is 24.9 Å². The summed E-state index contributed by atoms with van der Waals surface area (Å²) in [4.78, 5) is 23.4. The number of hydrogen-bond donors (Lipinski definition) is 3. The maximum absolute atomic E-state index is 12.0. The molecule has 3 rings (SSSR count). The van der Waals surface area contributed by atoms with Gasteiger partial charge in [-0.25, -0.2) is 0 Å². The van der Waals surface area contributed by atoms with Gasteiger partial charge in [0.15, 0.2) is 0 Å². The van der Waals surface area contributed by atoms with Crippen molar-refractivity contribution < 1.29 is 29.6 Å². The van der Waals surface area contributed by atoms with Crippen molar-refractivity contribution in [3.63, 3.8) is 0 Å². The van der Waals surface area contributed by atoms with Crippen LogP contribution >= 0.6 is 0 Å². The number of carboxylic acid groups (broad SMARTS) is 1. The van der Waals surface area contributed by atoms with Crippen LogP contribution in [0.25, 0.3) is 0 Å². The first-order valence-corrected chi connectivity index (χ1v) is 6.99. The first-order chi connectivity index (χ1) is 9.16. The number of carbonyl (C=O) groups is 2. The van der Waals surface area contributed by atoms with E-state index in [0.29, 0.717) is 12.8 Å². The summed E-state index contributed by atoms with van der Waals surface area (Å²) in [6, 6.07) is 0.